The first kappa shape index (κ1) is 22.6. The van der Waals surface area contributed by atoms with Gasteiger partial charge in [0.2, 0.25) is 0 Å². The van der Waals surface area contributed by atoms with Crippen LogP contribution in [-0.2, 0) is 0 Å². The van der Waals surface area contributed by atoms with Gasteiger partial charge >= 0.3 is 0 Å². The second-order valence-electron chi connectivity index (χ2n) is 7.08. The zero-order valence-electron chi connectivity index (χ0n) is 18.2. The van der Waals surface area contributed by atoms with Crippen molar-refractivity contribution in [2.45, 2.75) is 6.92 Å². The molecule has 0 aliphatic heterocycles. The minimum absolute atomic E-state index is 0.232. The number of methoxy groups -OCH3 is 2. The van der Waals surface area contributed by atoms with E-state index in [-0.39, 0.29) is 5.17 Å². The van der Waals surface area contributed by atoms with Crippen molar-refractivity contribution in [1.82, 2.24) is 4.98 Å². The van der Waals surface area contributed by atoms with E-state index < -0.39 is 0 Å². The standard InChI is InChI=1S/C25H21ClN2O4S/c1-15-12-16(26)4-9-21(15)32-25(33)28-17-5-7-18(8-6-17)31-22-10-11-27-20-14-24(30-3)23(29-2)13-19(20)22/h4-14H,1-3H3,(H,28,33). The first-order chi connectivity index (χ1) is 16.0. The highest BCUT2D eigenvalue weighted by Crippen LogP contribution is 2.37. The maximum absolute atomic E-state index is 6.11. The number of rotatable bonds is 6. The lowest BCUT2D eigenvalue weighted by Crippen LogP contribution is -2.16. The zero-order chi connectivity index (χ0) is 23.4. The minimum atomic E-state index is 0.232. The highest BCUT2D eigenvalue weighted by atomic mass is 35.5. The molecule has 0 saturated heterocycles. The van der Waals surface area contributed by atoms with E-state index in [4.69, 9.17) is 42.8 Å². The Labute approximate surface area is 202 Å². The number of ether oxygens (including phenoxy) is 4. The predicted molar refractivity (Wildman–Crippen MR) is 134 cm³/mol. The van der Waals surface area contributed by atoms with Crippen LogP contribution in [0.5, 0.6) is 28.7 Å². The lowest BCUT2D eigenvalue weighted by atomic mass is 10.2. The molecule has 0 aliphatic rings. The summed E-state index contributed by atoms with van der Waals surface area (Å²) < 4.78 is 22.6. The molecule has 3 aromatic carbocycles. The minimum Gasteiger partial charge on any atom is -0.493 e. The monoisotopic (exact) mass is 480 g/mol. The number of nitrogens with zero attached hydrogens (tertiary/aromatic N) is 1. The summed E-state index contributed by atoms with van der Waals surface area (Å²) in [6, 6.07) is 18.2. The fraction of sp³-hybridized carbons (Fsp3) is 0.120. The average Bonchev–Trinajstić information content (AvgIpc) is 2.81. The topological polar surface area (TPSA) is 61.8 Å². The van der Waals surface area contributed by atoms with E-state index in [9.17, 15) is 0 Å². The zero-order valence-corrected chi connectivity index (χ0v) is 19.8. The van der Waals surface area contributed by atoms with E-state index in [1.165, 1.54) is 0 Å². The van der Waals surface area contributed by atoms with Crippen LogP contribution in [0.2, 0.25) is 5.02 Å². The summed E-state index contributed by atoms with van der Waals surface area (Å²) in [6.07, 6.45) is 1.69. The molecule has 0 fully saturated rings. The van der Waals surface area contributed by atoms with Gasteiger partial charge < -0.3 is 24.3 Å². The molecule has 1 N–H and O–H groups in total. The number of nitrogens with one attached hydrogen (secondary N) is 1. The number of halogens is 1. The molecule has 0 unspecified atom stereocenters. The second kappa shape index (κ2) is 9.94. The van der Waals surface area contributed by atoms with Crippen LogP contribution in [0, 0.1) is 6.92 Å². The third kappa shape index (κ3) is 5.27. The van der Waals surface area contributed by atoms with Crippen molar-refractivity contribution in [2.24, 2.45) is 0 Å². The van der Waals surface area contributed by atoms with Crippen LogP contribution < -0.4 is 24.3 Å². The fourth-order valence-corrected chi connectivity index (χ4v) is 3.67. The summed E-state index contributed by atoms with van der Waals surface area (Å²) in [5.41, 5.74) is 2.41. The molecule has 0 spiro atoms. The van der Waals surface area contributed by atoms with Crippen LogP contribution in [0.15, 0.2) is 66.9 Å². The average molecular weight is 481 g/mol. The lowest BCUT2D eigenvalue weighted by molar-refractivity contribution is 0.355. The molecule has 0 atom stereocenters. The van der Waals surface area contributed by atoms with E-state index in [0.717, 1.165) is 22.2 Å². The number of fused-ring (bicyclic) bond motifs is 1. The number of thiocarbonyl (C=S) groups is 1. The van der Waals surface area contributed by atoms with Gasteiger partial charge in [-0.1, -0.05) is 11.6 Å². The highest BCUT2D eigenvalue weighted by molar-refractivity contribution is 7.80. The number of aryl methyl sites for hydroxylation is 1. The van der Waals surface area contributed by atoms with Gasteiger partial charge in [-0.05, 0) is 79.3 Å². The van der Waals surface area contributed by atoms with Crippen molar-refractivity contribution < 1.29 is 18.9 Å². The van der Waals surface area contributed by atoms with Gasteiger partial charge in [0.1, 0.15) is 17.2 Å². The van der Waals surface area contributed by atoms with Gasteiger partial charge in [-0.15, -0.1) is 0 Å². The van der Waals surface area contributed by atoms with E-state index in [0.29, 0.717) is 33.8 Å². The van der Waals surface area contributed by atoms with E-state index >= 15 is 0 Å². The molecular weight excluding hydrogens is 460 g/mol. The van der Waals surface area contributed by atoms with Gasteiger partial charge in [0, 0.05) is 28.4 Å². The third-order valence-electron chi connectivity index (χ3n) is 4.88. The van der Waals surface area contributed by atoms with Crippen molar-refractivity contribution >= 4 is 45.6 Å². The van der Waals surface area contributed by atoms with E-state index in [1.807, 2.05) is 49.4 Å². The van der Waals surface area contributed by atoms with Gasteiger partial charge in [-0.25, -0.2) is 0 Å². The molecule has 8 heteroatoms. The lowest BCUT2D eigenvalue weighted by Gasteiger charge is -2.13. The summed E-state index contributed by atoms with van der Waals surface area (Å²) in [7, 11) is 3.18. The summed E-state index contributed by atoms with van der Waals surface area (Å²) in [5.74, 6) is 3.17. The Morgan fingerprint density at radius 1 is 0.879 bits per heavy atom. The molecule has 4 rings (SSSR count). The molecule has 0 bridgehead atoms. The van der Waals surface area contributed by atoms with E-state index in [2.05, 4.69) is 10.3 Å². The Morgan fingerprint density at radius 2 is 1.61 bits per heavy atom. The normalized spacial score (nSPS) is 10.5. The molecule has 33 heavy (non-hydrogen) atoms. The quantitative estimate of drug-likeness (QED) is 0.305. The van der Waals surface area contributed by atoms with Crippen LogP contribution in [0.3, 0.4) is 0 Å². The van der Waals surface area contributed by atoms with Crippen LogP contribution >= 0.6 is 23.8 Å². The summed E-state index contributed by atoms with van der Waals surface area (Å²) in [4.78, 5) is 4.40. The number of aromatic nitrogens is 1. The smallest absolute Gasteiger partial charge is 0.266 e. The van der Waals surface area contributed by atoms with Crippen molar-refractivity contribution in [3.8, 4) is 28.7 Å². The van der Waals surface area contributed by atoms with Crippen LogP contribution in [0.4, 0.5) is 5.69 Å². The molecular formula is C25H21ClN2O4S. The Morgan fingerprint density at radius 3 is 2.30 bits per heavy atom. The Kier molecular flexibility index (Phi) is 6.82. The fourth-order valence-electron chi connectivity index (χ4n) is 3.24. The van der Waals surface area contributed by atoms with Gasteiger partial charge in [0.15, 0.2) is 11.5 Å². The van der Waals surface area contributed by atoms with Crippen LogP contribution in [0.1, 0.15) is 5.56 Å². The highest BCUT2D eigenvalue weighted by Gasteiger charge is 2.12. The molecule has 4 aromatic rings. The Balaban J connectivity index is 1.47. The van der Waals surface area contributed by atoms with Gasteiger partial charge in [-0.2, -0.15) is 0 Å². The number of hydrogen-bond acceptors (Lipinski definition) is 6. The summed E-state index contributed by atoms with van der Waals surface area (Å²) in [6.45, 7) is 1.91. The molecule has 1 heterocycles. The first-order valence-corrected chi connectivity index (χ1v) is 10.8. The number of benzene rings is 3. The SMILES string of the molecule is COc1cc2nccc(Oc3ccc(NC(=S)Oc4ccc(Cl)cc4C)cc3)c2cc1OC. The van der Waals surface area contributed by atoms with Gasteiger partial charge in [0.25, 0.3) is 5.17 Å². The maximum Gasteiger partial charge on any atom is 0.266 e. The molecule has 0 saturated carbocycles. The van der Waals surface area contributed by atoms with Crippen molar-refractivity contribution in [3.63, 3.8) is 0 Å². The van der Waals surface area contributed by atoms with Crippen LogP contribution in [0.25, 0.3) is 10.9 Å². The largest absolute Gasteiger partial charge is 0.493 e. The molecule has 1 aromatic heterocycles. The summed E-state index contributed by atoms with van der Waals surface area (Å²) >= 11 is 11.3. The van der Waals surface area contributed by atoms with Crippen molar-refractivity contribution in [2.75, 3.05) is 19.5 Å². The van der Waals surface area contributed by atoms with E-state index in [1.54, 1.807) is 38.6 Å². The van der Waals surface area contributed by atoms with Gasteiger partial charge in [-0.3, -0.25) is 4.98 Å². The second-order valence-corrected chi connectivity index (χ2v) is 7.89. The third-order valence-corrected chi connectivity index (χ3v) is 5.30. The van der Waals surface area contributed by atoms with Crippen molar-refractivity contribution in [1.29, 1.82) is 0 Å². The molecule has 6 nitrogen and oxygen atoms in total. The van der Waals surface area contributed by atoms with Crippen LogP contribution in [-0.4, -0.2) is 24.4 Å². The van der Waals surface area contributed by atoms with Crippen molar-refractivity contribution in [3.05, 3.63) is 77.4 Å². The Bertz CT molecular complexity index is 1310. The molecule has 0 radical (unpaired) electrons. The molecule has 0 aliphatic carbocycles. The molecule has 168 valence electrons. The number of hydrogen-bond donors (Lipinski definition) is 1. The maximum atomic E-state index is 6.11. The van der Waals surface area contributed by atoms with Gasteiger partial charge in [0.05, 0.1) is 19.7 Å². The number of anilines is 1. The summed E-state index contributed by atoms with van der Waals surface area (Å²) in [5, 5.41) is 4.75. The molecule has 0 amide bonds. The number of pyridine rings is 1. The Hall–Kier alpha value is -3.55. The first-order valence-electron chi connectivity index (χ1n) is 10.0. The predicted octanol–water partition coefficient (Wildman–Crippen LogP) is 6.78.